The normalized spacial score (nSPS) is 11.1. The summed E-state index contributed by atoms with van der Waals surface area (Å²) in [6.45, 7) is 7.18. The summed E-state index contributed by atoms with van der Waals surface area (Å²) in [5.41, 5.74) is 5.43. The zero-order chi connectivity index (χ0) is 22.5. The van der Waals surface area contributed by atoms with E-state index in [1.165, 1.54) is 5.56 Å². The van der Waals surface area contributed by atoms with Gasteiger partial charge in [0.05, 0.1) is 24.0 Å². The minimum absolute atomic E-state index is 0.175. The Balaban J connectivity index is 1.51. The molecule has 0 bridgehead atoms. The Morgan fingerprint density at radius 1 is 1.06 bits per heavy atom. The Morgan fingerprint density at radius 3 is 2.50 bits per heavy atom. The van der Waals surface area contributed by atoms with Crippen molar-refractivity contribution in [1.82, 2.24) is 19.9 Å². The lowest BCUT2D eigenvalue weighted by molar-refractivity contribution is 0.0945. The van der Waals surface area contributed by atoms with Crippen LogP contribution in [0.15, 0.2) is 67.0 Å². The maximum atomic E-state index is 12.8. The van der Waals surface area contributed by atoms with E-state index in [2.05, 4.69) is 53.5 Å². The number of fused-ring (bicyclic) bond motifs is 1. The highest BCUT2D eigenvalue weighted by molar-refractivity contribution is 5.95. The van der Waals surface area contributed by atoms with Crippen LogP contribution < -0.4 is 10.1 Å². The molecule has 0 saturated heterocycles. The van der Waals surface area contributed by atoms with Crippen LogP contribution in [-0.4, -0.2) is 33.7 Å². The number of carbonyl (C=O) groups is 1. The molecular formula is C26H28N4O2. The van der Waals surface area contributed by atoms with Crippen LogP contribution in [0.5, 0.6) is 5.75 Å². The molecule has 4 rings (SSSR count). The number of nitrogens with zero attached hydrogens (tertiary/aromatic N) is 3. The highest BCUT2D eigenvalue weighted by Gasteiger charge is 2.18. The van der Waals surface area contributed by atoms with Crippen molar-refractivity contribution in [3.8, 4) is 16.9 Å². The summed E-state index contributed by atoms with van der Waals surface area (Å²) in [5.74, 6) is 1.09. The summed E-state index contributed by atoms with van der Waals surface area (Å²) in [7, 11) is 0. The first-order chi connectivity index (χ1) is 15.6. The third-order valence-electron chi connectivity index (χ3n) is 5.49. The van der Waals surface area contributed by atoms with Gasteiger partial charge in [-0.15, -0.1) is 0 Å². The molecule has 0 atom stereocenters. The molecule has 0 aliphatic heterocycles. The molecule has 0 radical (unpaired) electrons. The number of hydrogen-bond donors (Lipinski definition) is 1. The van der Waals surface area contributed by atoms with E-state index < -0.39 is 0 Å². The van der Waals surface area contributed by atoms with E-state index in [0.717, 1.165) is 28.2 Å². The first-order valence-corrected chi connectivity index (χ1v) is 11.0. The predicted molar refractivity (Wildman–Crippen MR) is 126 cm³/mol. The van der Waals surface area contributed by atoms with E-state index in [9.17, 15) is 4.79 Å². The molecule has 1 N–H and O–H groups in total. The summed E-state index contributed by atoms with van der Waals surface area (Å²) in [5, 5.41) is 7.47. The maximum Gasteiger partial charge on any atom is 0.254 e. The fourth-order valence-electron chi connectivity index (χ4n) is 3.70. The lowest BCUT2D eigenvalue weighted by Crippen LogP contribution is -2.29. The minimum atomic E-state index is -0.175. The van der Waals surface area contributed by atoms with Crippen molar-refractivity contribution in [2.45, 2.75) is 33.1 Å². The number of para-hydroxylation sites is 1. The van der Waals surface area contributed by atoms with Crippen molar-refractivity contribution < 1.29 is 9.53 Å². The number of ether oxygens (including phenoxy) is 1. The fraction of sp³-hybridized carbons (Fsp3) is 0.269. The zero-order valence-electron chi connectivity index (χ0n) is 18.7. The van der Waals surface area contributed by atoms with Crippen LogP contribution >= 0.6 is 0 Å². The highest BCUT2D eigenvalue weighted by atomic mass is 16.5. The van der Waals surface area contributed by atoms with Crippen LogP contribution in [-0.2, 0) is 6.42 Å². The number of aryl methyl sites for hydroxylation is 1. The van der Waals surface area contributed by atoms with Gasteiger partial charge >= 0.3 is 0 Å². The van der Waals surface area contributed by atoms with Crippen molar-refractivity contribution in [3.63, 3.8) is 0 Å². The standard InChI is InChI=1S/C26H28N4O2/c1-4-24-23(26(31)27-14-15-32-21-8-6-5-7-9-21)16-28-25-22(17-29-30(24)25)20-12-10-19(11-13-20)18(2)3/h5-13,16-18H,4,14-15H2,1-3H3,(H,27,31). The van der Waals surface area contributed by atoms with Gasteiger partial charge in [0.2, 0.25) is 0 Å². The third kappa shape index (κ3) is 4.49. The monoisotopic (exact) mass is 428 g/mol. The van der Waals surface area contributed by atoms with Crippen molar-refractivity contribution in [2.75, 3.05) is 13.2 Å². The number of rotatable bonds is 8. The molecular weight excluding hydrogens is 400 g/mol. The van der Waals surface area contributed by atoms with Gasteiger partial charge in [-0.05, 0) is 35.6 Å². The third-order valence-corrected chi connectivity index (χ3v) is 5.49. The van der Waals surface area contributed by atoms with E-state index in [0.29, 0.717) is 31.1 Å². The highest BCUT2D eigenvalue weighted by Crippen LogP contribution is 2.26. The van der Waals surface area contributed by atoms with Crippen LogP contribution in [0.2, 0.25) is 0 Å². The Labute approximate surface area is 188 Å². The predicted octanol–water partition coefficient (Wildman–Crippen LogP) is 4.89. The number of hydrogen-bond acceptors (Lipinski definition) is 4. The summed E-state index contributed by atoms with van der Waals surface area (Å²) in [4.78, 5) is 17.4. The van der Waals surface area contributed by atoms with Gasteiger partial charge in [-0.3, -0.25) is 4.79 Å². The fourth-order valence-corrected chi connectivity index (χ4v) is 3.70. The van der Waals surface area contributed by atoms with Gasteiger partial charge in [0.1, 0.15) is 12.4 Å². The average molecular weight is 429 g/mol. The Bertz CT molecular complexity index is 1200. The van der Waals surface area contributed by atoms with Gasteiger partial charge in [0, 0.05) is 11.8 Å². The molecule has 0 aliphatic rings. The number of amides is 1. The zero-order valence-corrected chi connectivity index (χ0v) is 18.7. The van der Waals surface area contributed by atoms with Crippen molar-refractivity contribution in [3.05, 3.63) is 83.8 Å². The second-order valence-electron chi connectivity index (χ2n) is 7.96. The molecule has 0 saturated carbocycles. The smallest absolute Gasteiger partial charge is 0.254 e. The van der Waals surface area contributed by atoms with E-state index in [-0.39, 0.29) is 5.91 Å². The van der Waals surface area contributed by atoms with Gasteiger partial charge in [0.15, 0.2) is 5.65 Å². The molecule has 0 unspecified atom stereocenters. The van der Waals surface area contributed by atoms with Crippen LogP contribution in [0, 0.1) is 0 Å². The van der Waals surface area contributed by atoms with Crippen LogP contribution in [0.25, 0.3) is 16.8 Å². The molecule has 6 heteroatoms. The molecule has 6 nitrogen and oxygen atoms in total. The average Bonchev–Trinajstić information content (AvgIpc) is 3.26. The van der Waals surface area contributed by atoms with Gasteiger partial charge in [-0.2, -0.15) is 5.10 Å². The Morgan fingerprint density at radius 2 is 1.81 bits per heavy atom. The van der Waals surface area contributed by atoms with E-state index >= 15 is 0 Å². The van der Waals surface area contributed by atoms with E-state index in [4.69, 9.17) is 4.74 Å². The molecule has 164 valence electrons. The number of benzene rings is 2. The molecule has 32 heavy (non-hydrogen) atoms. The molecule has 0 fully saturated rings. The van der Waals surface area contributed by atoms with Crippen LogP contribution in [0.4, 0.5) is 0 Å². The maximum absolute atomic E-state index is 12.8. The Kier molecular flexibility index (Phi) is 6.50. The number of carbonyl (C=O) groups excluding carboxylic acids is 1. The second kappa shape index (κ2) is 9.64. The molecule has 2 heterocycles. The summed E-state index contributed by atoms with van der Waals surface area (Å²) >= 11 is 0. The van der Waals surface area contributed by atoms with Crippen molar-refractivity contribution in [1.29, 1.82) is 0 Å². The SMILES string of the molecule is CCc1c(C(=O)NCCOc2ccccc2)cnc2c(-c3ccc(C(C)C)cc3)cnn12. The molecule has 4 aromatic rings. The van der Waals surface area contributed by atoms with Gasteiger partial charge in [-0.1, -0.05) is 63.2 Å². The molecule has 0 aliphatic carbocycles. The summed E-state index contributed by atoms with van der Waals surface area (Å²) in [6, 6.07) is 18.0. The van der Waals surface area contributed by atoms with E-state index in [1.807, 2.05) is 43.5 Å². The minimum Gasteiger partial charge on any atom is -0.492 e. The topological polar surface area (TPSA) is 68.5 Å². The second-order valence-corrected chi connectivity index (χ2v) is 7.96. The van der Waals surface area contributed by atoms with Crippen molar-refractivity contribution >= 4 is 11.6 Å². The summed E-state index contributed by atoms with van der Waals surface area (Å²) < 4.78 is 7.43. The lowest BCUT2D eigenvalue weighted by Gasteiger charge is -2.11. The quantitative estimate of drug-likeness (QED) is 0.406. The summed E-state index contributed by atoms with van der Waals surface area (Å²) in [6.07, 6.45) is 4.13. The van der Waals surface area contributed by atoms with Gasteiger partial charge in [-0.25, -0.2) is 9.50 Å². The van der Waals surface area contributed by atoms with Crippen molar-refractivity contribution in [2.24, 2.45) is 0 Å². The first kappa shape index (κ1) is 21.6. The van der Waals surface area contributed by atoms with Gasteiger partial charge in [0.25, 0.3) is 5.91 Å². The van der Waals surface area contributed by atoms with Crippen LogP contribution in [0.1, 0.15) is 48.3 Å². The number of aromatic nitrogens is 3. The van der Waals surface area contributed by atoms with Gasteiger partial charge < -0.3 is 10.1 Å². The molecule has 2 aromatic heterocycles. The Hall–Kier alpha value is -3.67. The molecule has 1 amide bonds. The largest absolute Gasteiger partial charge is 0.492 e. The lowest BCUT2D eigenvalue weighted by atomic mass is 10.00. The molecule has 2 aromatic carbocycles. The number of nitrogens with one attached hydrogen (secondary N) is 1. The van der Waals surface area contributed by atoms with E-state index in [1.54, 1.807) is 10.7 Å². The molecule has 0 spiro atoms. The first-order valence-electron chi connectivity index (χ1n) is 11.0. The van der Waals surface area contributed by atoms with Crippen LogP contribution in [0.3, 0.4) is 0 Å².